The first-order chi connectivity index (χ1) is 42.9. The third-order valence-electron chi connectivity index (χ3n) is 14.5. The molecule has 3 aromatic rings. The molecule has 30 nitrogen and oxygen atoms in total. The molecule has 0 aromatic heterocycles. The molecule has 0 saturated carbocycles. The van der Waals surface area contributed by atoms with Crippen LogP contribution in [0.5, 0.6) is 5.75 Å². The summed E-state index contributed by atoms with van der Waals surface area (Å²) < 4.78 is 5.51. The van der Waals surface area contributed by atoms with Gasteiger partial charge in [-0.1, -0.05) is 74.5 Å². The van der Waals surface area contributed by atoms with Crippen LogP contribution in [0.1, 0.15) is 82.1 Å². The van der Waals surface area contributed by atoms with Crippen LogP contribution in [0.3, 0.4) is 0 Å². The molecule has 12 atom stereocenters. The normalized spacial score (nSPS) is 21.8. The van der Waals surface area contributed by atoms with Crippen molar-refractivity contribution in [1.82, 2.24) is 58.5 Å². The second-order valence-electron chi connectivity index (χ2n) is 22.1. The van der Waals surface area contributed by atoms with Gasteiger partial charge in [-0.3, -0.25) is 52.7 Å². The number of benzene rings is 3. The van der Waals surface area contributed by atoms with Crippen molar-refractivity contribution in [3.05, 3.63) is 90.0 Å². The molecule has 30 heteroatoms. The van der Waals surface area contributed by atoms with E-state index in [1.54, 1.807) is 56.3 Å². The summed E-state index contributed by atoms with van der Waals surface area (Å²) in [7, 11) is 1.48. The van der Waals surface area contributed by atoms with Gasteiger partial charge in [-0.2, -0.15) is 0 Å². The Morgan fingerprint density at radius 3 is 1.62 bits per heavy atom. The van der Waals surface area contributed by atoms with Gasteiger partial charge in [0.25, 0.3) is 5.91 Å². The number of hydrogen-bond donors (Lipinski definition) is 18. The van der Waals surface area contributed by atoms with Gasteiger partial charge >= 0.3 is 0 Å². The van der Waals surface area contributed by atoms with E-state index in [-0.39, 0.29) is 76.2 Å². The minimum Gasteiger partial charge on any atom is -0.496 e. The van der Waals surface area contributed by atoms with E-state index < -0.39 is 157 Å². The lowest BCUT2D eigenvalue weighted by molar-refractivity contribution is -0.136. The Labute approximate surface area is 522 Å². The summed E-state index contributed by atoms with van der Waals surface area (Å²) in [4.78, 5) is 155. The van der Waals surface area contributed by atoms with Gasteiger partial charge in [-0.05, 0) is 114 Å². The minimum absolute atomic E-state index is 0.0349. The highest BCUT2D eigenvalue weighted by atomic mass is 16.5. The smallest absolute Gasteiger partial charge is 0.251 e. The zero-order valence-electron chi connectivity index (χ0n) is 51.4. The first-order valence-corrected chi connectivity index (χ1v) is 29.9. The lowest BCUT2D eigenvalue weighted by atomic mass is 10.00. The van der Waals surface area contributed by atoms with Gasteiger partial charge in [-0.25, -0.2) is 0 Å². The summed E-state index contributed by atoms with van der Waals surface area (Å²) in [5.74, 6) is -10.1. The number of methoxy groups -OCH3 is 1. The fourth-order valence-corrected chi connectivity index (χ4v) is 9.60. The van der Waals surface area contributed by atoms with Crippen LogP contribution in [0, 0.1) is 5.92 Å². The molecule has 4 rings (SSSR count). The highest BCUT2D eigenvalue weighted by molar-refractivity contribution is 6.01. The fourth-order valence-electron chi connectivity index (χ4n) is 9.60. The molecule has 1 aliphatic heterocycles. The Balaban J connectivity index is 1.68. The Morgan fingerprint density at radius 2 is 1.10 bits per heavy atom. The molecule has 0 radical (unpaired) electrons. The number of carbonyl (C=O) groups excluding carboxylic acids is 11. The number of ether oxygens (including phenoxy) is 1. The lowest BCUT2D eigenvalue weighted by Crippen LogP contribution is -2.63. The molecule has 0 unspecified atom stereocenters. The first-order valence-electron chi connectivity index (χ1n) is 29.9. The molecule has 11 amide bonds. The molecular weight excluding hydrogens is 1170 g/mol. The Morgan fingerprint density at radius 1 is 0.578 bits per heavy atom. The fraction of sp³-hybridized carbons (Fsp3) is 0.517. The van der Waals surface area contributed by atoms with E-state index in [1.165, 1.54) is 27.0 Å². The average molecular weight is 1260 g/mol. The Hall–Kier alpha value is -8.65. The number of aliphatic hydroxyl groups is 2. The molecule has 494 valence electrons. The zero-order chi connectivity index (χ0) is 66.6. The van der Waals surface area contributed by atoms with Crippen molar-refractivity contribution < 1.29 is 67.7 Å². The summed E-state index contributed by atoms with van der Waals surface area (Å²) in [5, 5.41) is 49.5. The zero-order valence-corrected chi connectivity index (χ0v) is 51.4. The summed E-state index contributed by atoms with van der Waals surface area (Å²) in [6, 6.07) is 6.91. The van der Waals surface area contributed by atoms with Crippen molar-refractivity contribution in [1.29, 1.82) is 0 Å². The SMILES string of the molecule is COc1ccc(C(=O)N[C@@H](CCN)C(=O)N[C@H](C(=O)N[C@@H](CN)C(=O)N[C@H]2CCNC(=O)[C@H]([C@@H](C)O)NC(=O)[C@H](CCN)NC(=O)[C@H](CCN)NC(=O)[C@H](CC(C)C)NC(=O)[C@@H](Cc3ccccc3)NC(=O)[C@H](CCN)NC2=O)[C@@H](C)O)cc1-c1ccccc1. The molecular formula is C60H90N16O14. The summed E-state index contributed by atoms with van der Waals surface area (Å²) in [5.41, 5.74) is 31.6. The van der Waals surface area contributed by atoms with Crippen LogP contribution < -0.4 is 91.9 Å². The second kappa shape index (κ2) is 37.4. The van der Waals surface area contributed by atoms with Crippen molar-refractivity contribution >= 4 is 65.0 Å². The van der Waals surface area contributed by atoms with Gasteiger partial charge in [-0.15, -0.1) is 0 Å². The Bertz CT molecular complexity index is 2900. The van der Waals surface area contributed by atoms with Crippen LogP contribution >= 0.6 is 0 Å². The molecule has 1 aliphatic rings. The maximum absolute atomic E-state index is 14.5. The van der Waals surface area contributed by atoms with Crippen molar-refractivity contribution in [3.63, 3.8) is 0 Å². The van der Waals surface area contributed by atoms with Crippen molar-refractivity contribution in [2.75, 3.05) is 46.4 Å². The number of nitrogens with one attached hydrogen (secondary N) is 11. The van der Waals surface area contributed by atoms with E-state index in [4.69, 9.17) is 33.4 Å². The number of hydrogen-bond acceptors (Lipinski definition) is 19. The topological polar surface area (TPSA) is 500 Å². The largest absolute Gasteiger partial charge is 0.496 e. The van der Waals surface area contributed by atoms with Crippen molar-refractivity contribution in [3.8, 4) is 16.9 Å². The molecule has 0 spiro atoms. The highest BCUT2D eigenvalue weighted by Crippen LogP contribution is 2.31. The number of aliphatic hydroxyl groups excluding tert-OH is 2. The van der Waals surface area contributed by atoms with E-state index in [9.17, 15) is 63.0 Å². The summed E-state index contributed by atoms with van der Waals surface area (Å²) >= 11 is 0. The van der Waals surface area contributed by atoms with Crippen LogP contribution in [-0.2, 0) is 54.4 Å². The maximum Gasteiger partial charge on any atom is 0.251 e. The van der Waals surface area contributed by atoms with E-state index in [1.807, 2.05) is 30.3 Å². The van der Waals surface area contributed by atoms with E-state index in [0.717, 1.165) is 5.56 Å². The minimum atomic E-state index is -1.79. The van der Waals surface area contributed by atoms with E-state index >= 15 is 0 Å². The highest BCUT2D eigenvalue weighted by Gasteiger charge is 2.38. The molecule has 1 saturated heterocycles. The van der Waals surface area contributed by atoms with Crippen LogP contribution in [0.25, 0.3) is 11.1 Å². The summed E-state index contributed by atoms with van der Waals surface area (Å²) in [6.07, 6.45) is -4.51. The quantitative estimate of drug-likeness (QED) is 0.0377. The molecule has 3 aromatic carbocycles. The van der Waals surface area contributed by atoms with Crippen LogP contribution in [0.4, 0.5) is 0 Å². The van der Waals surface area contributed by atoms with Crippen molar-refractivity contribution in [2.45, 2.75) is 145 Å². The summed E-state index contributed by atoms with van der Waals surface area (Å²) in [6.45, 7) is 4.18. The number of amides is 11. The molecule has 1 fully saturated rings. The lowest BCUT2D eigenvalue weighted by Gasteiger charge is -2.28. The molecule has 90 heavy (non-hydrogen) atoms. The number of carbonyl (C=O) groups is 11. The first kappa shape index (κ1) is 73.8. The van der Waals surface area contributed by atoms with Crippen LogP contribution in [-0.4, -0.2) is 194 Å². The van der Waals surface area contributed by atoms with Gasteiger partial charge < -0.3 is 102 Å². The molecule has 0 aliphatic carbocycles. The third-order valence-corrected chi connectivity index (χ3v) is 14.5. The predicted octanol–water partition coefficient (Wildman–Crippen LogP) is -5.25. The second-order valence-corrected chi connectivity index (χ2v) is 22.1. The average Bonchev–Trinajstić information content (AvgIpc) is 1.41. The standard InChI is InChI=1S/C60H90N16O14/c1-32(2)28-44-56(85)70-39(18-23-61)51(80)69-42(21-26-64)55(84)75-48(33(3)77)59(88)66-27-22-43(53(82)68-40(19-24-62)52(81)73-45(57(86)72-44)29-35-12-8-6-9-13-35)71-58(87)46(31-65)74-60(89)49(34(4)78)76-54(83)41(20-25-63)67-50(79)37-16-17-47(90-5)38(30-37)36-14-10-7-11-15-36/h6-17,30,32-34,39-46,48-49,77-78H,18-29,31,61-65H2,1-5H3,(H,66,88)(H,67,79)(H,68,82)(H,69,80)(H,70,85)(H,71,87)(H,72,86)(H,73,81)(H,74,89)(H,75,84)(H,76,83)/t33-,34-,39+,40+,41+,42+,43+,44+,45-,46+,48+,49+/m1/s1. The maximum atomic E-state index is 14.5. The third kappa shape index (κ3) is 22.7. The Kier molecular flexibility index (Phi) is 30.7. The van der Waals surface area contributed by atoms with Gasteiger partial charge in [0.1, 0.15) is 66.2 Å². The number of rotatable bonds is 25. The molecule has 1 heterocycles. The van der Waals surface area contributed by atoms with E-state index in [2.05, 4.69) is 58.5 Å². The molecule has 0 bridgehead atoms. The monoisotopic (exact) mass is 1260 g/mol. The van der Waals surface area contributed by atoms with E-state index in [0.29, 0.717) is 16.9 Å². The van der Waals surface area contributed by atoms with Gasteiger partial charge in [0, 0.05) is 30.6 Å². The van der Waals surface area contributed by atoms with Crippen LogP contribution in [0.15, 0.2) is 78.9 Å². The molecule has 23 N–H and O–H groups in total. The predicted molar refractivity (Wildman–Crippen MR) is 331 cm³/mol. The van der Waals surface area contributed by atoms with Gasteiger partial charge in [0.2, 0.25) is 59.1 Å². The van der Waals surface area contributed by atoms with Crippen molar-refractivity contribution in [2.24, 2.45) is 34.6 Å². The number of nitrogens with two attached hydrogens (primary N) is 5. The van der Waals surface area contributed by atoms with Gasteiger partial charge in [0.05, 0.1) is 19.3 Å². The van der Waals surface area contributed by atoms with Gasteiger partial charge in [0.15, 0.2) is 0 Å². The van der Waals surface area contributed by atoms with Crippen LogP contribution in [0.2, 0.25) is 0 Å².